The van der Waals surface area contributed by atoms with Gasteiger partial charge >= 0.3 is 5.97 Å². The zero-order valence-electron chi connectivity index (χ0n) is 8.48. The van der Waals surface area contributed by atoms with Crippen molar-refractivity contribution in [1.82, 2.24) is 4.90 Å². The van der Waals surface area contributed by atoms with E-state index in [1.165, 1.54) is 5.75 Å². The summed E-state index contributed by atoms with van der Waals surface area (Å²) in [6.45, 7) is 3.20. The number of thioether (sulfide) groups is 1. The molecule has 14 heavy (non-hydrogen) atoms. The highest BCUT2D eigenvalue weighted by Gasteiger charge is 2.39. The Morgan fingerprint density at radius 2 is 2.29 bits per heavy atom. The number of carboxylic acid groups (broad SMARTS) is 1. The fourth-order valence-corrected chi connectivity index (χ4v) is 3.87. The van der Waals surface area contributed by atoms with E-state index in [-0.39, 0.29) is 6.04 Å². The monoisotopic (exact) mass is 215 g/mol. The molecule has 2 fully saturated rings. The molecule has 4 heteroatoms. The van der Waals surface area contributed by atoms with Crippen molar-refractivity contribution in [2.24, 2.45) is 0 Å². The molecule has 0 spiro atoms. The van der Waals surface area contributed by atoms with E-state index in [1.54, 1.807) is 0 Å². The number of carbonyl (C=O) groups is 1. The molecule has 80 valence electrons. The lowest BCUT2D eigenvalue weighted by atomic mass is 10.1. The van der Waals surface area contributed by atoms with Gasteiger partial charge in [0.1, 0.15) is 6.04 Å². The summed E-state index contributed by atoms with van der Waals surface area (Å²) in [7, 11) is 0. The molecule has 2 aliphatic heterocycles. The van der Waals surface area contributed by atoms with Gasteiger partial charge in [-0.2, -0.15) is 11.8 Å². The van der Waals surface area contributed by atoms with Crippen molar-refractivity contribution in [3.63, 3.8) is 0 Å². The summed E-state index contributed by atoms with van der Waals surface area (Å²) in [6.07, 6.45) is 3.05. The second kappa shape index (κ2) is 4.11. The first-order chi connectivity index (χ1) is 6.70. The van der Waals surface area contributed by atoms with Crippen molar-refractivity contribution in [2.75, 3.05) is 12.3 Å². The van der Waals surface area contributed by atoms with Gasteiger partial charge in [0.25, 0.3) is 0 Å². The lowest BCUT2D eigenvalue weighted by Crippen LogP contribution is -2.45. The third kappa shape index (κ3) is 1.77. The van der Waals surface area contributed by atoms with E-state index in [1.807, 2.05) is 11.8 Å². The van der Waals surface area contributed by atoms with Crippen LogP contribution in [0.1, 0.15) is 26.2 Å². The average Bonchev–Trinajstić information content (AvgIpc) is 2.70. The van der Waals surface area contributed by atoms with Crippen LogP contribution in [-0.4, -0.2) is 45.6 Å². The summed E-state index contributed by atoms with van der Waals surface area (Å²) in [5.74, 6) is 0.556. The van der Waals surface area contributed by atoms with Crippen LogP contribution in [0, 0.1) is 0 Å². The van der Waals surface area contributed by atoms with Gasteiger partial charge in [0.15, 0.2) is 0 Å². The molecule has 2 rings (SSSR count). The lowest BCUT2D eigenvalue weighted by Gasteiger charge is -2.30. The number of nitrogens with zero attached hydrogens (tertiary/aromatic N) is 1. The Morgan fingerprint density at radius 3 is 2.86 bits per heavy atom. The number of aliphatic carboxylic acids is 1. The maximum Gasteiger partial charge on any atom is 0.320 e. The van der Waals surface area contributed by atoms with Gasteiger partial charge in [-0.05, 0) is 31.6 Å². The molecule has 0 bridgehead atoms. The van der Waals surface area contributed by atoms with Crippen LogP contribution in [0.3, 0.4) is 0 Å². The van der Waals surface area contributed by atoms with E-state index in [9.17, 15) is 4.79 Å². The Kier molecular flexibility index (Phi) is 3.02. The van der Waals surface area contributed by atoms with Crippen molar-refractivity contribution in [1.29, 1.82) is 0 Å². The fraction of sp³-hybridized carbons (Fsp3) is 0.900. The minimum absolute atomic E-state index is 0.207. The van der Waals surface area contributed by atoms with Gasteiger partial charge < -0.3 is 5.11 Å². The molecule has 2 heterocycles. The maximum absolute atomic E-state index is 11.0. The Hall–Kier alpha value is -0.220. The van der Waals surface area contributed by atoms with Crippen molar-refractivity contribution in [3.05, 3.63) is 0 Å². The van der Waals surface area contributed by atoms with Gasteiger partial charge in [-0.15, -0.1) is 0 Å². The number of carboxylic acids is 1. The third-order valence-corrected chi connectivity index (χ3v) is 4.65. The third-order valence-electron chi connectivity index (χ3n) is 3.34. The quantitative estimate of drug-likeness (QED) is 0.756. The van der Waals surface area contributed by atoms with Crippen LogP contribution in [0.4, 0.5) is 0 Å². The first-order valence-electron chi connectivity index (χ1n) is 5.30. The number of hydrogen-bond donors (Lipinski definition) is 1. The molecule has 3 nitrogen and oxygen atoms in total. The van der Waals surface area contributed by atoms with Crippen molar-refractivity contribution in [2.45, 2.75) is 43.5 Å². The van der Waals surface area contributed by atoms with Crippen molar-refractivity contribution >= 4 is 17.7 Å². The molecule has 0 aromatic rings. The topological polar surface area (TPSA) is 40.5 Å². The Balaban J connectivity index is 2.05. The highest BCUT2D eigenvalue weighted by molar-refractivity contribution is 8.00. The van der Waals surface area contributed by atoms with Crippen LogP contribution in [-0.2, 0) is 4.79 Å². The first-order valence-corrected chi connectivity index (χ1v) is 6.35. The highest BCUT2D eigenvalue weighted by atomic mass is 32.2. The van der Waals surface area contributed by atoms with E-state index in [4.69, 9.17) is 5.11 Å². The molecule has 0 aliphatic carbocycles. The summed E-state index contributed by atoms with van der Waals surface area (Å²) >= 11 is 1.97. The summed E-state index contributed by atoms with van der Waals surface area (Å²) in [6, 6.07) is 0.296. The summed E-state index contributed by atoms with van der Waals surface area (Å²) in [5.41, 5.74) is 0. The lowest BCUT2D eigenvalue weighted by molar-refractivity contribution is -0.142. The highest BCUT2D eigenvalue weighted by Crippen LogP contribution is 2.34. The summed E-state index contributed by atoms with van der Waals surface area (Å²) in [5, 5.41) is 9.69. The van der Waals surface area contributed by atoms with Crippen LogP contribution >= 0.6 is 11.8 Å². The minimum Gasteiger partial charge on any atom is -0.480 e. The molecule has 0 aromatic carbocycles. The molecule has 0 aromatic heterocycles. The van der Waals surface area contributed by atoms with Crippen molar-refractivity contribution in [3.8, 4) is 0 Å². The zero-order valence-corrected chi connectivity index (χ0v) is 9.30. The van der Waals surface area contributed by atoms with Gasteiger partial charge in [0.05, 0.1) is 0 Å². The molecular formula is C10H17NO2S. The van der Waals surface area contributed by atoms with Crippen LogP contribution < -0.4 is 0 Å². The van der Waals surface area contributed by atoms with Gasteiger partial charge in [-0.25, -0.2) is 0 Å². The molecule has 0 amide bonds. The summed E-state index contributed by atoms with van der Waals surface area (Å²) in [4.78, 5) is 13.2. The predicted octanol–water partition coefficient (Wildman–Crippen LogP) is 1.43. The molecule has 2 saturated heterocycles. The maximum atomic E-state index is 11.0. The Labute approximate surface area is 88.9 Å². The van der Waals surface area contributed by atoms with Crippen LogP contribution in [0.2, 0.25) is 0 Å². The molecular weight excluding hydrogens is 198 g/mol. The molecule has 0 saturated carbocycles. The summed E-state index contributed by atoms with van der Waals surface area (Å²) < 4.78 is 0. The molecule has 3 unspecified atom stereocenters. The van der Waals surface area contributed by atoms with Gasteiger partial charge in [-0.1, -0.05) is 6.92 Å². The Bertz CT molecular complexity index is 234. The second-order valence-electron chi connectivity index (χ2n) is 4.17. The Morgan fingerprint density at radius 1 is 1.50 bits per heavy atom. The van der Waals surface area contributed by atoms with Crippen molar-refractivity contribution < 1.29 is 9.90 Å². The largest absolute Gasteiger partial charge is 0.480 e. The van der Waals surface area contributed by atoms with Gasteiger partial charge in [0.2, 0.25) is 0 Å². The molecule has 1 N–H and O–H groups in total. The first kappa shape index (κ1) is 10.3. The predicted molar refractivity (Wildman–Crippen MR) is 57.7 cm³/mol. The zero-order chi connectivity index (χ0) is 10.1. The van der Waals surface area contributed by atoms with Crippen LogP contribution in [0.25, 0.3) is 0 Å². The van der Waals surface area contributed by atoms with E-state index in [0.717, 1.165) is 25.8 Å². The normalized spacial score (nSPS) is 39.1. The van der Waals surface area contributed by atoms with E-state index in [0.29, 0.717) is 11.3 Å². The van der Waals surface area contributed by atoms with Gasteiger partial charge in [0, 0.05) is 11.3 Å². The SMILES string of the molecule is CC1SCCC1N1CCCC1C(=O)O. The number of hydrogen-bond acceptors (Lipinski definition) is 3. The number of rotatable bonds is 2. The fourth-order valence-electron chi connectivity index (χ4n) is 2.61. The average molecular weight is 215 g/mol. The van der Waals surface area contributed by atoms with Gasteiger partial charge in [-0.3, -0.25) is 9.69 Å². The van der Waals surface area contributed by atoms with Crippen LogP contribution in [0.5, 0.6) is 0 Å². The molecule has 0 radical (unpaired) electrons. The van der Waals surface area contributed by atoms with Crippen LogP contribution in [0.15, 0.2) is 0 Å². The minimum atomic E-state index is -0.633. The molecule has 3 atom stereocenters. The van der Waals surface area contributed by atoms with E-state index in [2.05, 4.69) is 11.8 Å². The standard InChI is InChI=1S/C10H17NO2S/c1-7-8(4-6-14-7)11-5-2-3-9(11)10(12)13/h7-9H,2-6H2,1H3,(H,12,13). The number of likely N-dealkylation sites (tertiary alicyclic amines) is 1. The smallest absolute Gasteiger partial charge is 0.320 e. The van der Waals surface area contributed by atoms with E-state index < -0.39 is 5.97 Å². The van der Waals surface area contributed by atoms with E-state index >= 15 is 0 Å². The molecule has 2 aliphatic rings. The second-order valence-corrected chi connectivity index (χ2v) is 5.65.